The minimum Gasteiger partial charge on any atom is -0.361 e. The lowest BCUT2D eigenvalue weighted by molar-refractivity contribution is 1.10. The van der Waals surface area contributed by atoms with Crippen LogP contribution in [0.2, 0.25) is 0 Å². The summed E-state index contributed by atoms with van der Waals surface area (Å²) >= 11 is 0. The monoisotopic (exact) mass is 423 g/mol. The van der Waals surface area contributed by atoms with Gasteiger partial charge >= 0.3 is 0 Å². The van der Waals surface area contributed by atoms with Gasteiger partial charge in [-0.15, -0.1) is 0 Å². The van der Waals surface area contributed by atoms with E-state index in [0.29, 0.717) is 0 Å². The van der Waals surface area contributed by atoms with Crippen molar-refractivity contribution in [2.75, 3.05) is 0 Å². The van der Waals surface area contributed by atoms with Crippen LogP contribution in [0.1, 0.15) is 5.56 Å². The molecule has 3 nitrogen and oxygen atoms in total. The molecule has 0 unspecified atom stereocenters. The number of benzene rings is 5. The predicted octanol–water partition coefficient (Wildman–Crippen LogP) is 7.79. The van der Waals surface area contributed by atoms with Crippen molar-refractivity contribution in [1.29, 1.82) is 0 Å². The van der Waals surface area contributed by atoms with E-state index >= 15 is 0 Å². The van der Waals surface area contributed by atoms with E-state index in [9.17, 15) is 0 Å². The molecule has 1 N–H and O–H groups in total. The highest BCUT2D eigenvalue weighted by Crippen LogP contribution is 2.40. The van der Waals surface area contributed by atoms with Gasteiger partial charge < -0.3 is 4.98 Å². The lowest BCUT2D eigenvalue weighted by Crippen LogP contribution is -1.99. The van der Waals surface area contributed by atoms with Crippen LogP contribution >= 0.6 is 0 Å². The molecule has 7 rings (SSSR count). The molecular weight excluding hydrogens is 402 g/mol. The third-order valence-corrected chi connectivity index (χ3v) is 6.65. The van der Waals surface area contributed by atoms with Crippen molar-refractivity contribution in [3.05, 3.63) is 109 Å². The van der Waals surface area contributed by atoms with Crippen molar-refractivity contribution < 1.29 is 0 Å². The number of rotatable bonds is 2. The average Bonchev–Trinajstić information content (AvgIpc) is 3.50. The summed E-state index contributed by atoms with van der Waals surface area (Å²) in [5.74, 6) is 0.948. The summed E-state index contributed by atoms with van der Waals surface area (Å²) in [6.07, 6.45) is 2.00. The molecule has 0 aliphatic heterocycles. The zero-order chi connectivity index (χ0) is 21.9. The normalized spacial score (nSPS) is 11.8. The molecule has 7 aromatic rings. The fourth-order valence-electron chi connectivity index (χ4n) is 5.10. The molecule has 0 aliphatic rings. The summed E-state index contributed by atoms with van der Waals surface area (Å²) < 4.78 is 2.33. The van der Waals surface area contributed by atoms with E-state index in [1.54, 1.807) is 0 Å². The van der Waals surface area contributed by atoms with Gasteiger partial charge in [-0.25, -0.2) is 4.98 Å². The number of imidazole rings is 1. The van der Waals surface area contributed by atoms with Crippen LogP contribution in [0.15, 0.2) is 103 Å². The number of H-pyrrole nitrogens is 1. The fourth-order valence-corrected chi connectivity index (χ4v) is 5.10. The number of nitrogens with one attached hydrogen (secondary N) is 1. The molecule has 0 fully saturated rings. The van der Waals surface area contributed by atoms with E-state index in [2.05, 4.69) is 114 Å². The highest BCUT2D eigenvalue weighted by Gasteiger charge is 2.21. The molecule has 0 bridgehead atoms. The Balaban J connectivity index is 1.74. The summed E-state index contributed by atoms with van der Waals surface area (Å²) in [5, 5.41) is 6.06. The Morgan fingerprint density at radius 1 is 0.667 bits per heavy atom. The third kappa shape index (κ3) is 2.60. The summed E-state index contributed by atoms with van der Waals surface area (Å²) in [7, 11) is 0. The molecule has 0 spiro atoms. The van der Waals surface area contributed by atoms with Crippen LogP contribution in [0.3, 0.4) is 0 Å². The number of nitrogens with zero attached hydrogens (tertiary/aromatic N) is 2. The van der Waals surface area contributed by atoms with Crippen molar-refractivity contribution in [2.45, 2.75) is 6.92 Å². The molecule has 2 aromatic heterocycles. The second-order valence-corrected chi connectivity index (χ2v) is 8.64. The first kappa shape index (κ1) is 18.2. The van der Waals surface area contributed by atoms with Gasteiger partial charge in [-0.2, -0.15) is 0 Å². The van der Waals surface area contributed by atoms with Gasteiger partial charge in [0.05, 0.1) is 16.6 Å². The molecule has 0 saturated heterocycles. The number of aryl methyl sites for hydroxylation is 1. The van der Waals surface area contributed by atoms with E-state index < -0.39 is 0 Å². The van der Waals surface area contributed by atoms with Crippen molar-refractivity contribution in [3.8, 4) is 17.1 Å². The zero-order valence-electron chi connectivity index (χ0n) is 18.2. The minimum absolute atomic E-state index is 0.948. The van der Waals surface area contributed by atoms with Crippen molar-refractivity contribution >= 4 is 43.5 Å². The van der Waals surface area contributed by atoms with Crippen molar-refractivity contribution in [1.82, 2.24) is 14.5 Å². The highest BCUT2D eigenvalue weighted by molar-refractivity contribution is 6.24. The highest BCUT2D eigenvalue weighted by atomic mass is 15.1. The molecular formula is C30H21N3. The minimum atomic E-state index is 0.948. The van der Waals surface area contributed by atoms with Crippen LogP contribution in [-0.2, 0) is 0 Å². The number of para-hydroxylation sites is 1. The molecule has 0 amide bonds. The molecule has 0 saturated carbocycles. The molecule has 5 aromatic carbocycles. The second-order valence-electron chi connectivity index (χ2n) is 8.64. The summed E-state index contributed by atoms with van der Waals surface area (Å²) in [5.41, 5.74) is 6.74. The van der Waals surface area contributed by atoms with Gasteiger partial charge in [0.1, 0.15) is 5.82 Å². The van der Waals surface area contributed by atoms with Gasteiger partial charge in [-0.1, -0.05) is 78.4 Å². The quantitative estimate of drug-likeness (QED) is 0.283. The lowest BCUT2D eigenvalue weighted by atomic mass is 10.00. The largest absolute Gasteiger partial charge is 0.361 e. The van der Waals surface area contributed by atoms with E-state index in [4.69, 9.17) is 4.98 Å². The number of aromatic amines is 1. The van der Waals surface area contributed by atoms with Gasteiger partial charge in [0, 0.05) is 33.6 Å². The number of hydrogen-bond donors (Lipinski definition) is 1. The maximum Gasteiger partial charge on any atom is 0.147 e. The number of hydrogen-bond acceptors (Lipinski definition) is 1. The zero-order valence-corrected chi connectivity index (χ0v) is 18.2. The standard InChI is InChI=1S/C30H21N3/c1-19-13-15-21(16-14-19)33-29-25-11-5-3-9-23(25)22-8-2-4-10-24(22)28(29)32-30(33)26-12-6-7-20-17-18-31-27(20)26/h2-18,31H,1H3. The number of aromatic nitrogens is 3. The van der Waals surface area contributed by atoms with Crippen LogP contribution in [-0.4, -0.2) is 14.5 Å². The van der Waals surface area contributed by atoms with E-state index in [0.717, 1.165) is 33.6 Å². The first-order valence-corrected chi connectivity index (χ1v) is 11.2. The number of fused-ring (bicyclic) bond motifs is 7. The Bertz CT molecular complexity index is 1820. The van der Waals surface area contributed by atoms with Gasteiger partial charge in [0.2, 0.25) is 0 Å². The SMILES string of the molecule is Cc1ccc(-n2c(-c3cccc4cc[nH]c34)nc3c4ccccc4c4ccccc4c32)cc1. The van der Waals surface area contributed by atoms with Gasteiger partial charge in [0.15, 0.2) is 0 Å². The first-order chi connectivity index (χ1) is 16.3. The summed E-state index contributed by atoms with van der Waals surface area (Å²) in [6, 6.07) is 34.5. The topological polar surface area (TPSA) is 33.6 Å². The molecule has 156 valence electrons. The Kier molecular flexibility index (Phi) is 3.76. The summed E-state index contributed by atoms with van der Waals surface area (Å²) in [6.45, 7) is 2.12. The smallest absolute Gasteiger partial charge is 0.147 e. The van der Waals surface area contributed by atoms with Crippen LogP contribution in [0.4, 0.5) is 0 Å². The molecule has 0 atom stereocenters. The second kappa shape index (κ2) is 6.81. The lowest BCUT2D eigenvalue weighted by Gasteiger charge is -2.13. The molecule has 3 heteroatoms. The maximum atomic E-state index is 5.33. The molecule has 0 radical (unpaired) electrons. The van der Waals surface area contributed by atoms with Gasteiger partial charge in [-0.05, 0) is 42.0 Å². The van der Waals surface area contributed by atoms with E-state index in [-0.39, 0.29) is 0 Å². The summed E-state index contributed by atoms with van der Waals surface area (Å²) in [4.78, 5) is 8.77. The van der Waals surface area contributed by atoms with Gasteiger partial charge in [-0.3, -0.25) is 4.57 Å². The molecule has 0 aliphatic carbocycles. The van der Waals surface area contributed by atoms with Crippen LogP contribution in [0.25, 0.3) is 60.6 Å². The Morgan fingerprint density at radius 2 is 1.36 bits per heavy atom. The van der Waals surface area contributed by atoms with E-state index in [1.807, 2.05) is 6.20 Å². The van der Waals surface area contributed by atoms with Crippen molar-refractivity contribution in [2.24, 2.45) is 0 Å². The van der Waals surface area contributed by atoms with Crippen molar-refractivity contribution in [3.63, 3.8) is 0 Å². The van der Waals surface area contributed by atoms with Crippen LogP contribution in [0.5, 0.6) is 0 Å². The Morgan fingerprint density at radius 3 is 2.15 bits per heavy atom. The third-order valence-electron chi connectivity index (χ3n) is 6.65. The Hall–Kier alpha value is -4.37. The molecule has 33 heavy (non-hydrogen) atoms. The van der Waals surface area contributed by atoms with Gasteiger partial charge in [0.25, 0.3) is 0 Å². The fraction of sp³-hybridized carbons (Fsp3) is 0.0333. The van der Waals surface area contributed by atoms with Crippen LogP contribution in [0, 0.1) is 6.92 Å². The van der Waals surface area contributed by atoms with E-state index in [1.165, 1.54) is 32.5 Å². The average molecular weight is 424 g/mol. The van der Waals surface area contributed by atoms with Crippen LogP contribution < -0.4 is 0 Å². The first-order valence-electron chi connectivity index (χ1n) is 11.2. The Labute approximate surface area is 190 Å². The predicted molar refractivity (Wildman–Crippen MR) is 138 cm³/mol. The molecule has 2 heterocycles. The maximum absolute atomic E-state index is 5.33.